The van der Waals surface area contributed by atoms with Crippen molar-refractivity contribution in [2.45, 2.75) is 13.5 Å². The van der Waals surface area contributed by atoms with E-state index in [-0.39, 0.29) is 5.91 Å². The summed E-state index contributed by atoms with van der Waals surface area (Å²) in [4.78, 5) is 20.7. The second-order valence-corrected chi connectivity index (χ2v) is 4.95. The molecule has 0 aliphatic carbocycles. The number of hydrogen-bond donors (Lipinski definition) is 1. The van der Waals surface area contributed by atoms with Crippen molar-refractivity contribution in [2.75, 3.05) is 7.11 Å². The predicted octanol–water partition coefficient (Wildman–Crippen LogP) is 1.98. The second-order valence-electron chi connectivity index (χ2n) is 4.95. The van der Waals surface area contributed by atoms with E-state index in [1.54, 1.807) is 25.6 Å². The Morgan fingerprint density at radius 2 is 2.27 bits per heavy atom. The quantitative estimate of drug-likeness (QED) is 0.799. The molecule has 6 nitrogen and oxygen atoms in total. The Balaban J connectivity index is 1.76. The maximum atomic E-state index is 12.2. The normalized spacial score (nSPS) is 10.6. The van der Waals surface area contributed by atoms with Gasteiger partial charge in [0.1, 0.15) is 11.3 Å². The van der Waals surface area contributed by atoms with Gasteiger partial charge in [-0.05, 0) is 30.7 Å². The van der Waals surface area contributed by atoms with Crippen LogP contribution in [0.1, 0.15) is 21.6 Å². The van der Waals surface area contributed by atoms with Crippen molar-refractivity contribution in [2.24, 2.45) is 0 Å². The van der Waals surface area contributed by atoms with Gasteiger partial charge in [0.2, 0.25) is 5.88 Å². The summed E-state index contributed by atoms with van der Waals surface area (Å²) in [5.74, 6) is 0.278. The van der Waals surface area contributed by atoms with Crippen molar-refractivity contribution in [3.63, 3.8) is 0 Å². The van der Waals surface area contributed by atoms with Crippen LogP contribution in [0.2, 0.25) is 0 Å². The summed E-state index contributed by atoms with van der Waals surface area (Å²) in [6.45, 7) is 2.33. The molecule has 0 aliphatic rings. The van der Waals surface area contributed by atoms with Gasteiger partial charge in [-0.25, -0.2) is 9.97 Å². The third-order valence-electron chi connectivity index (χ3n) is 3.33. The number of pyridine rings is 2. The molecule has 3 rings (SSSR count). The van der Waals surface area contributed by atoms with Crippen molar-refractivity contribution >= 4 is 11.6 Å². The van der Waals surface area contributed by atoms with Crippen molar-refractivity contribution < 1.29 is 9.53 Å². The number of amides is 1. The lowest BCUT2D eigenvalue weighted by atomic mass is 10.2. The average molecular weight is 296 g/mol. The molecule has 0 unspecified atom stereocenters. The zero-order chi connectivity index (χ0) is 15.5. The summed E-state index contributed by atoms with van der Waals surface area (Å²) in [6.07, 6.45) is 5.25. The van der Waals surface area contributed by atoms with E-state index in [2.05, 4.69) is 15.3 Å². The maximum Gasteiger partial charge on any atom is 0.271 e. The minimum atomic E-state index is -0.229. The first-order valence-corrected chi connectivity index (χ1v) is 6.89. The fourth-order valence-corrected chi connectivity index (χ4v) is 2.20. The van der Waals surface area contributed by atoms with Gasteiger partial charge in [-0.3, -0.25) is 4.79 Å². The number of imidazole rings is 1. The van der Waals surface area contributed by atoms with Crippen LogP contribution in [-0.2, 0) is 6.54 Å². The average Bonchev–Trinajstić information content (AvgIpc) is 2.96. The van der Waals surface area contributed by atoms with E-state index in [9.17, 15) is 4.79 Å². The molecule has 1 amide bonds. The fraction of sp³-hybridized carbons (Fsp3) is 0.188. The molecule has 3 heterocycles. The second kappa shape index (κ2) is 5.85. The van der Waals surface area contributed by atoms with Crippen LogP contribution in [0.3, 0.4) is 0 Å². The Morgan fingerprint density at radius 3 is 3.09 bits per heavy atom. The zero-order valence-electron chi connectivity index (χ0n) is 12.4. The van der Waals surface area contributed by atoms with Crippen LogP contribution in [0.15, 0.2) is 42.9 Å². The van der Waals surface area contributed by atoms with Crippen LogP contribution in [-0.4, -0.2) is 27.4 Å². The first-order chi connectivity index (χ1) is 10.7. The Kier molecular flexibility index (Phi) is 3.74. The number of carbonyl (C=O) groups is 1. The number of fused-ring (bicyclic) bond motifs is 1. The molecule has 0 atom stereocenters. The van der Waals surface area contributed by atoms with E-state index in [0.29, 0.717) is 18.1 Å². The standard InChI is InChI=1S/C16H16N4O2/c1-11-5-7-20-10-13(19-14(20)8-11)15(21)18-9-12-4-3-6-17-16(12)22-2/h3-8,10H,9H2,1-2H3,(H,18,21). The van der Waals surface area contributed by atoms with Crippen LogP contribution < -0.4 is 10.1 Å². The molecule has 112 valence electrons. The summed E-state index contributed by atoms with van der Waals surface area (Å²) in [5, 5.41) is 2.83. The van der Waals surface area contributed by atoms with Gasteiger partial charge in [0.05, 0.1) is 7.11 Å². The molecule has 3 aromatic heterocycles. The molecule has 0 radical (unpaired) electrons. The highest BCUT2D eigenvalue weighted by Crippen LogP contribution is 2.13. The molecular formula is C16H16N4O2. The minimum absolute atomic E-state index is 0.229. The first-order valence-electron chi connectivity index (χ1n) is 6.89. The molecule has 3 aromatic rings. The number of rotatable bonds is 4. The highest BCUT2D eigenvalue weighted by molar-refractivity contribution is 5.92. The van der Waals surface area contributed by atoms with E-state index in [4.69, 9.17) is 4.74 Å². The molecule has 0 aromatic carbocycles. The lowest BCUT2D eigenvalue weighted by Gasteiger charge is -2.07. The van der Waals surface area contributed by atoms with Crippen molar-refractivity contribution in [3.8, 4) is 5.88 Å². The number of nitrogens with one attached hydrogen (secondary N) is 1. The van der Waals surface area contributed by atoms with Gasteiger partial charge in [0.25, 0.3) is 5.91 Å². The van der Waals surface area contributed by atoms with Gasteiger partial charge in [-0.1, -0.05) is 6.07 Å². The highest BCUT2D eigenvalue weighted by atomic mass is 16.5. The Hall–Kier alpha value is -2.89. The van der Waals surface area contributed by atoms with Gasteiger partial charge in [0, 0.05) is 30.7 Å². The number of hydrogen-bond acceptors (Lipinski definition) is 4. The van der Waals surface area contributed by atoms with Gasteiger partial charge < -0.3 is 14.5 Å². The molecule has 0 aliphatic heterocycles. The minimum Gasteiger partial charge on any atom is -0.481 e. The molecule has 22 heavy (non-hydrogen) atoms. The van der Waals surface area contributed by atoms with E-state index >= 15 is 0 Å². The number of methoxy groups -OCH3 is 1. The maximum absolute atomic E-state index is 12.2. The molecular weight excluding hydrogens is 280 g/mol. The number of carbonyl (C=O) groups excluding carboxylic acids is 1. The van der Waals surface area contributed by atoms with Crippen LogP contribution in [0.5, 0.6) is 5.88 Å². The molecule has 6 heteroatoms. The van der Waals surface area contributed by atoms with Crippen molar-refractivity contribution in [3.05, 3.63) is 59.7 Å². The van der Waals surface area contributed by atoms with Crippen LogP contribution in [0.25, 0.3) is 5.65 Å². The smallest absolute Gasteiger partial charge is 0.271 e. The third-order valence-corrected chi connectivity index (χ3v) is 3.33. The van der Waals surface area contributed by atoms with Gasteiger partial charge in [0.15, 0.2) is 0 Å². The number of aryl methyl sites for hydroxylation is 1. The lowest BCUT2D eigenvalue weighted by Crippen LogP contribution is -2.23. The van der Waals surface area contributed by atoms with Crippen LogP contribution in [0.4, 0.5) is 0 Å². The Morgan fingerprint density at radius 1 is 1.41 bits per heavy atom. The highest BCUT2D eigenvalue weighted by Gasteiger charge is 2.12. The number of nitrogens with zero attached hydrogens (tertiary/aromatic N) is 3. The Labute approximate surface area is 127 Å². The van der Waals surface area contributed by atoms with Gasteiger partial charge in [-0.15, -0.1) is 0 Å². The molecule has 0 bridgehead atoms. The summed E-state index contributed by atoms with van der Waals surface area (Å²) in [7, 11) is 1.55. The lowest BCUT2D eigenvalue weighted by molar-refractivity contribution is 0.0946. The summed E-state index contributed by atoms with van der Waals surface area (Å²) in [5.41, 5.74) is 3.06. The van der Waals surface area contributed by atoms with Gasteiger partial charge >= 0.3 is 0 Å². The van der Waals surface area contributed by atoms with Gasteiger partial charge in [-0.2, -0.15) is 0 Å². The summed E-state index contributed by atoms with van der Waals surface area (Å²) in [6, 6.07) is 7.56. The molecule has 1 N–H and O–H groups in total. The van der Waals surface area contributed by atoms with E-state index < -0.39 is 0 Å². The monoisotopic (exact) mass is 296 g/mol. The molecule has 0 saturated heterocycles. The third kappa shape index (κ3) is 2.76. The predicted molar refractivity (Wildman–Crippen MR) is 81.9 cm³/mol. The molecule has 0 spiro atoms. The topological polar surface area (TPSA) is 68.5 Å². The fourth-order valence-electron chi connectivity index (χ4n) is 2.20. The van der Waals surface area contributed by atoms with Crippen molar-refractivity contribution in [1.82, 2.24) is 19.7 Å². The number of ether oxygens (including phenoxy) is 1. The first kappa shape index (κ1) is 14.1. The largest absolute Gasteiger partial charge is 0.481 e. The Bertz CT molecular complexity index is 826. The SMILES string of the molecule is COc1ncccc1CNC(=O)c1cn2ccc(C)cc2n1. The van der Waals surface area contributed by atoms with Crippen LogP contribution in [0, 0.1) is 6.92 Å². The van der Waals surface area contributed by atoms with E-state index in [1.165, 1.54) is 0 Å². The van der Waals surface area contributed by atoms with E-state index in [1.807, 2.05) is 35.7 Å². The number of aromatic nitrogens is 3. The van der Waals surface area contributed by atoms with E-state index in [0.717, 1.165) is 16.8 Å². The molecule has 0 fully saturated rings. The summed E-state index contributed by atoms with van der Waals surface area (Å²) < 4.78 is 6.99. The van der Waals surface area contributed by atoms with Crippen molar-refractivity contribution in [1.29, 1.82) is 0 Å². The molecule has 0 saturated carbocycles. The van der Waals surface area contributed by atoms with Crippen LogP contribution >= 0.6 is 0 Å². The zero-order valence-corrected chi connectivity index (χ0v) is 12.4. The summed E-state index contributed by atoms with van der Waals surface area (Å²) >= 11 is 0.